The normalized spacial score (nSPS) is 11.1. The van der Waals surface area contributed by atoms with Crippen molar-refractivity contribution < 1.29 is 4.79 Å². The first-order valence-electron chi connectivity index (χ1n) is 8.25. The lowest BCUT2D eigenvalue weighted by molar-refractivity contribution is 0.0750. The molecule has 0 fully saturated rings. The molecule has 2 N–H and O–H groups in total. The van der Waals surface area contributed by atoms with Crippen molar-refractivity contribution in [2.45, 2.75) is 26.7 Å². The molecular formula is C18H21ClN4O. The Bertz CT molecular complexity index is 846. The third kappa shape index (κ3) is 3.04. The van der Waals surface area contributed by atoms with E-state index in [0.29, 0.717) is 10.7 Å². The third-order valence-electron chi connectivity index (χ3n) is 4.02. The number of aromatic amines is 2. The van der Waals surface area contributed by atoms with E-state index in [2.05, 4.69) is 28.8 Å². The van der Waals surface area contributed by atoms with E-state index < -0.39 is 0 Å². The molecule has 0 spiro atoms. The number of H-pyrrole nitrogens is 2. The third-order valence-corrected chi connectivity index (χ3v) is 4.30. The molecule has 0 aliphatic heterocycles. The van der Waals surface area contributed by atoms with Crippen LogP contribution in [-0.2, 0) is 0 Å². The number of aromatic nitrogens is 3. The average molecular weight is 345 g/mol. The van der Waals surface area contributed by atoms with Gasteiger partial charge in [0, 0.05) is 48.2 Å². The molecule has 0 aliphatic rings. The summed E-state index contributed by atoms with van der Waals surface area (Å²) >= 11 is 6.36. The van der Waals surface area contributed by atoms with Crippen LogP contribution in [0.15, 0.2) is 30.7 Å². The van der Waals surface area contributed by atoms with Crippen molar-refractivity contribution in [1.82, 2.24) is 19.9 Å². The highest BCUT2D eigenvalue weighted by molar-refractivity contribution is 6.34. The van der Waals surface area contributed by atoms with Crippen LogP contribution in [0.1, 0.15) is 37.2 Å². The van der Waals surface area contributed by atoms with Crippen LogP contribution < -0.4 is 0 Å². The molecule has 0 aromatic carbocycles. The number of carbonyl (C=O) groups excluding carboxylic acids is 1. The highest BCUT2D eigenvalue weighted by atomic mass is 35.5. The summed E-state index contributed by atoms with van der Waals surface area (Å²) in [6, 6.07) is 3.81. The van der Waals surface area contributed by atoms with Crippen LogP contribution in [0.25, 0.3) is 22.2 Å². The van der Waals surface area contributed by atoms with E-state index in [1.165, 1.54) is 0 Å². The van der Waals surface area contributed by atoms with Crippen molar-refractivity contribution in [1.29, 1.82) is 0 Å². The summed E-state index contributed by atoms with van der Waals surface area (Å²) in [7, 11) is 0. The monoisotopic (exact) mass is 344 g/mol. The van der Waals surface area contributed by atoms with Gasteiger partial charge in [0.2, 0.25) is 0 Å². The van der Waals surface area contributed by atoms with Gasteiger partial charge in [-0.15, -0.1) is 0 Å². The lowest BCUT2D eigenvalue weighted by atomic mass is 10.1. The molecule has 0 unspecified atom stereocenters. The molecule has 126 valence electrons. The number of hydrogen-bond acceptors (Lipinski definition) is 2. The minimum absolute atomic E-state index is 0.0282. The molecule has 3 heterocycles. The fourth-order valence-electron chi connectivity index (χ4n) is 2.96. The van der Waals surface area contributed by atoms with Crippen LogP contribution in [0.3, 0.4) is 0 Å². The fraction of sp³-hybridized carbons (Fsp3) is 0.333. The first kappa shape index (κ1) is 16.6. The van der Waals surface area contributed by atoms with Gasteiger partial charge in [-0.25, -0.2) is 4.98 Å². The van der Waals surface area contributed by atoms with Crippen LogP contribution >= 0.6 is 11.6 Å². The molecule has 0 radical (unpaired) electrons. The smallest absolute Gasteiger partial charge is 0.270 e. The predicted octanol–water partition coefficient (Wildman–Crippen LogP) is 4.47. The lowest BCUT2D eigenvalue weighted by Crippen LogP contribution is -2.32. The molecule has 3 aromatic heterocycles. The summed E-state index contributed by atoms with van der Waals surface area (Å²) in [5.41, 5.74) is 3.14. The van der Waals surface area contributed by atoms with E-state index >= 15 is 0 Å². The molecule has 3 rings (SSSR count). The molecule has 0 atom stereocenters. The van der Waals surface area contributed by atoms with Crippen LogP contribution in [0, 0.1) is 0 Å². The first-order valence-corrected chi connectivity index (χ1v) is 8.63. The van der Waals surface area contributed by atoms with Gasteiger partial charge in [-0.05, 0) is 25.0 Å². The SMILES string of the molecule is CCCN(CCC)C(=O)c1cc(-c2c(Cl)cnc3[nH]ccc23)c[nH]1. The van der Waals surface area contributed by atoms with Gasteiger partial charge in [0.25, 0.3) is 5.91 Å². The van der Waals surface area contributed by atoms with Gasteiger partial charge in [-0.3, -0.25) is 4.79 Å². The Morgan fingerprint density at radius 2 is 2.00 bits per heavy atom. The highest BCUT2D eigenvalue weighted by Gasteiger charge is 2.18. The molecule has 0 bridgehead atoms. The van der Waals surface area contributed by atoms with Crippen LogP contribution in [0.2, 0.25) is 5.02 Å². The van der Waals surface area contributed by atoms with Crippen molar-refractivity contribution in [3.8, 4) is 11.1 Å². The van der Waals surface area contributed by atoms with E-state index in [1.54, 1.807) is 6.20 Å². The Morgan fingerprint density at radius 1 is 1.25 bits per heavy atom. The Labute approximate surface area is 146 Å². The Balaban J connectivity index is 1.96. The van der Waals surface area contributed by atoms with Crippen LogP contribution in [0.4, 0.5) is 0 Å². The number of nitrogens with one attached hydrogen (secondary N) is 2. The van der Waals surface area contributed by atoms with E-state index in [4.69, 9.17) is 11.6 Å². The second-order valence-corrected chi connectivity index (χ2v) is 6.22. The zero-order valence-electron chi connectivity index (χ0n) is 13.9. The minimum Gasteiger partial charge on any atom is -0.357 e. The summed E-state index contributed by atoms with van der Waals surface area (Å²) < 4.78 is 0. The Hall–Kier alpha value is -2.27. The summed E-state index contributed by atoms with van der Waals surface area (Å²) in [6.07, 6.45) is 7.18. The molecule has 0 aliphatic carbocycles. The molecule has 3 aromatic rings. The topological polar surface area (TPSA) is 64.8 Å². The van der Waals surface area contributed by atoms with Gasteiger partial charge in [0.1, 0.15) is 11.3 Å². The van der Waals surface area contributed by atoms with E-state index in [0.717, 1.165) is 48.1 Å². The summed E-state index contributed by atoms with van der Waals surface area (Å²) in [4.78, 5) is 25.1. The van der Waals surface area contributed by atoms with Gasteiger partial charge in [-0.2, -0.15) is 0 Å². The van der Waals surface area contributed by atoms with Gasteiger partial charge in [0.05, 0.1) is 5.02 Å². The van der Waals surface area contributed by atoms with Gasteiger partial charge in [-0.1, -0.05) is 25.4 Å². The maximum Gasteiger partial charge on any atom is 0.270 e. The standard InChI is InChI=1S/C18H21ClN4O/c1-3-7-23(8-4-2)18(24)15-9-12(10-21-15)16-13-5-6-20-17(13)22-11-14(16)19/h5-6,9-11,21H,3-4,7-8H2,1-2H3,(H,20,22). The number of hydrogen-bond donors (Lipinski definition) is 2. The predicted molar refractivity (Wildman–Crippen MR) is 97.4 cm³/mol. The molecule has 6 heteroatoms. The van der Waals surface area contributed by atoms with Gasteiger partial charge in [0.15, 0.2) is 0 Å². The highest BCUT2D eigenvalue weighted by Crippen LogP contribution is 2.34. The summed E-state index contributed by atoms with van der Waals surface area (Å²) in [5.74, 6) is 0.0282. The van der Waals surface area contributed by atoms with Crippen LogP contribution in [0.5, 0.6) is 0 Å². The minimum atomic E-state index is 0.0282. The number of nitrogens with zero attached hydrogens (tertiary/aromatic N) is 2. The van der Waals surface area contributed by atoms with Crippen molar-refractivity contribution in [2.24, 2.45) is 0 Å². The first-order chi connectivity index (χ1) is 11.7. The van der Waals surface area contributed by atoms with E-state index in [1.807, 2.05) is 29.4 Å². The number of fused-ring (bicyclic) bond motifs is 1. The second-order valence-electron chi connectivity index (χ2n) is 5.82. The molecular weight excluding hydrogens is 324 g/mol. The fourth-order valence-corrected chi connectivity index (χ4v) is 3.22. The maximum absolute atomic E-state index is 12.7. The Kier molecular flexibility index (Phi) is 4.90. The van der Waals surface area contributed by atoms with Gasteiger partial charge < -0.3 is 14.9 Å². The molecule has 5 nitrogen and oxygen atoms in total. The molecule has 1 amide bonds. The maximum atomic E-state index is 12.7. The lowest BCUT2D eigenvalue weighted by Gasteiger charge is -2.20. The zero-order chi connectivity index (χ0) is 17.1. The number of pyridine rings is 1. The van der Waals surface area contributed by atoms with Crippen molar-refractivity contribution in [3.63, 3.8) is 0 Å². The summed E-state index contributed by atoms with van der Waals surface area (Å²) in [6.45, 7) is 5.68. The quantitative estimate of drug-likeness (QED) is 0.692. The Morgan fingerprint density at radius 3 is 2.71 bits per heavy atom. The largest absolute Gasteiger partial charge is 0.357 e. The van der Waals surface area contributed by atoms with Crippen molar-refractivity contribution in [3.05, 3.63) is 41.4 Å². The molecule has 24 heavy (non-hydrogen) atoms. The zero-order valence-corrected chi connectivity index (χ0v) is 14.7. The number of halogens is 1. The number of amides is 1. The van der Waals surface area contributed by atoms with E-state index in [9.17, 15) is 4.79 Å². The second kappa shape index (κ2) is 7.09. The van der Waals surface area contributed by atoms with Crippen LogP contribution in [-0.4, -0.2) is 38.8 Å². The summed E-state index contributed by atoms with van der Waals surface area (Å²) in [5, 5.41) is 1.51. The average Bonchev–Trinajstić information content (AvgIpc) is 3.23. The molecule has 0 saturated carbocycles. The van der Waals surface area contributed by atoms with Crippen molar-refractivity contribution in [2.75, 3.05) is 13.1 Å². The molecule has 0 saturated heterocycles. The number of carbonyl (C=O) groups is 1. The van der Waals surface area contributed by atoms with E-state index in [-0.39, 0.29) is 5.91 Å². The van der Waals surface area contributed by atoms with Gasteiger partial charge >= 0.3 is 0 Å². The number of rotatable bonds is 6. The van der Waals surface area contributed by atoms with Crippen molar-refractivity contribution >= 4 is 28.5 Å².